The number of halogens is 2. The van der Waals surface area contributed by atoms with Crippen LogP contribution in [0.3, 0.4) is 0 Å². The molecule has 2 aromatic rings. The third-order valence-electron chi connectivity index (χ3n) is 3.16. The molecule has 0 aliphatic carbocycles. The number of sulfonamides is 1. The molecule has 1 aromatic heterocycles. The van der Waals surface area contributed by atoms with Gasteiger partial charge in [0.1, 0.15) is 23.3 Å². The van der Waals surface area contributed by atoms with Crippen molar-refractivity contribution < 1.29 is 17.9 Å². The molecule has 0 amide bonds. The van der Waals surface area contributed by atoms with E-state index in [0.717, 1.165) is 0 Å². The number of fused-ring (bicyclic) bond motifs is 1. The predicted molar refractivity (Wildman–Crippen MR) is 88.4 cm³/mol. The van der Waals surface area contributed by atoms with Crippen molar-refractivity contribution >= 4 is 37.6 Å². The predicted octanol–water partition coefficient (Wildman–Crippen LogP) is 2.75. The summed E-state index contributed by atoms with van der Waals surface area (Å²) in [7, 11) is -3.81. The first-order valence-corrected chi connectivity index (χ1v) is 9.31. The highest BCUT2D eigenvalue weighted by molar-refractivity contribution is 9.10. The maximum Gasteiger partial charge on any atom is 0.243 e. The average Bonchev–Trinajstić information content (AvgIpc) is 2.55. The zero-order valence-corrected chi connectivity index (χ0v) is 14.9. The van der Waals surface area contributed by atoms with Crippen molar-refractivity contribution in [2.75, 3.05) is 13.2 Å². The number of aromatic nitrogens is 1. The summed E-state index contributed by atoms with van der Waals surface area (Å²) < 4.78 is 38.9. The SMILES string of the molecule is O=S(=O)(NCc1cccc2c1OCCO2)c1cc(Br)cnc1Cl. The van der Waals surface area contributed by atoms with Crippen LogP contribution in [0.2, 0.25) is 5.15 Å². The van der Waals surface area contributed by atoms with Gasteiger partial charge in [-0.1, -0.05) is 23.7 Å². The van der Waals surface area contributed by atoms with E-state index in [0.29, 0.717) is 34.7 Å². The first-order chi connectivity index (χ1) is 11.0. The summed E-state index contributed by atoms with van der Waals surface area (Å²) in [5.74, 6) is 1.16. The highest BCUT2D eigenvalue weighted by atomic mass is 79.9. The number of para-hydroxylation sites is 1. The second-order valence-electron chi connectivity index (χ2n) is 4.71. The molecule has 0 fully saturated rings. The van der Waals surface area contributed by atoms with Crippen molar-refractivity contribution in [1.82, 2.24) is 9.71 Å². The smallest absolute Gasteiger partial charge is 0.243 e. The van der Waals surface area contributed by atoms with E-state index < -0.39 is 10.0 Å². The first-order valence-electron chi connectivity index (χ1n) is 6.65. The summed E-state index contributed by atoms with van der Waals surface area (Å²) in [5, 5.41) is -0.0876. The number of benzene rings is 1. The lowest BCUT2D eigenvalue weighted by molar-refractivity contribution is 0.170. The molecular weight excluding hydrogens is 408 g/mol. The maximum atomic E-state index is 12.4. The number of pyridine rings is 1. The van der Waals surface area contributed by atoms with Gasteiger partial charge in [0.05, 0.1) is 0 Å². The Hall–Kier alpha value is -1.35. The summed E-state index contributed by atoms with van der Waals surface area (Å²) >= 11 is 9.07. The second kappa shape index (κ2) is 6.64. The van der Waals surface area contributed by atoms with Crippen LogP contribution >= 0.6 is 27.5 Å². The van der Waals surface area contributed by atoms with E-state index in [2.05, 4.69) is 25.6 Å². The van der Waals surface area contributed by atoms with Gasteiger partial charge in [0.25, 0.3) is 0 Å². The van der Waals surface area contributed by atoms with Gasteiger partial charge in [-0.15, -0.1) is 0 Å². The molecule has 0 bridgehead atoms. The Kier molecular flexibility index (Phi) is 4.77. The Labute approximate surface area is 147 Å². The van der Waals surface area contributed by atoms with Gasteiger partial charge >= 0.3 is 0 Å². The van der Waals surface area contributed by atoms with E-state index >= 15 is 0 Å². The van der Waals surface area contributed by atoms with E-state index in [1.54, 1.807) is 18.2 Å². The van der Waals surface area contributed by atoms with Crippen LogP contribution in [0.5, 0.6) is 11.5 Å². The molecule has 3 rings (SSSR count). The van der Waals surface area contributed by atoms with Gasteiger partial charge in [-0.2, -0.15) is 0 Å². The molecule has 9 heteroatoms. The van der Waals surface area contributed by atoms with Gasteiger partial charge in [0, 0.05) is 22.8 Å². The molecule has 1 N–H and O–H groups in total. The van der Waals surface area contributed by atoms with E-state index in [1.807, 2.05) is 0 Å². The topological polar surface area (TPSA) is 77.5 Å². The Morgan fingerprint density at radius 1 is 1.30 bits per heavy atom. The average molecular weight is 420 g/mol. The molecule has 0 spiro atoms. The molecule has 0 unspecified atom stereocenters. The number of nitrogens with zero attached hydrogens (tertiary/aromatic N) is 1. The van der Waals surface area contributed by atoms with Crippen LogP contribution in [0.4, 0.5) is 0 Å². The molecular formula is C14H12BrClN2O4S. The number of nitrogens with one attached hydrogen (secondary N) is 1. The van der Waals surface area contributed by atoms with Gasteiger partial charge in [-0.05, 0) is 28.1 Å². The fourth-order valence-corrected chi connectivity index (χ4v) is 4.06. The number of hydrogen-bond acceptors (Lipinski definition) is 5. The first kappa shape index (κ1) is 16.5. The third-order valence-corrected chi connectivity index (χ3v) is 5.42. The second-order valence-corrected chi connectivity index (χ2v) is 7.72. The molecule has 0 saturated heterocycles. The van der Waals surface area contributed by atoms with Crippen LogP contribution in [-0.2, 0) is 16.6 Å². The molecule has 0 radical (unpaired) electrons. The summed E-state index contributed by atoms with van der Waals surface area (Å²) in [6.45, 7) is 0.956. The van der Waals surface area contributed by atoms with Crippen molar-refractivity contribution in [3.63, 3.8) is 0 Å². The molecule has 0 saturated carbocycles. The number of rotatable bonds is 4. The summed E-state index contributed by atoms with van der Waals surface area (Å²) in [4.78, 5) is 3.74. The van der Waals surface area contributed by atoms with Crippen molar-refractivity contribution in [2.24, 2.45) is 0 Å². The van der Waals surface area contributed by atoms with Crippen molar-refractivity contribution in [3.05, 3.63) is 45.7 Å². The fraction of sp³-hybridized carbons (Fsp3) is 0.214. The Morgan fingerprint density at radius 2 is 2.09 bits per heavy atom. The van der Waals surface area contributed by atoms with E-state index in [9.17, 15) is 8.42 Å². The molecule has 1 aliphatic heterocycles. The fourth-order valence-electron chi connectivity index (χ4n) is 2.12. The van der Waals surface area contributed by atoms with Crippen molar-refractivity contribution in [3.8, 4) is 11.5 Å². The summed E-state index contributed by atoms with van der Waals surface area (Å²) in [6, 6.07) is 6.74. The highest BCUT2D eigenvalue weighted by Crippen LogP contribution is 2.33. The third kappa shape index (κ3) is 3.60. The van der Waals surface area contributed by atoms with Gasteiger partial charge in [0.15, 0.2) is 11.5 Å². The summed E-state index contributed by atoms with van der Waals surface area (Å²) in [6.07, 6.45) is 1.43. The lowest BCUT2D eigenvalue weighted by Gasteiger charge is -2.21. The zero-order chi connectivity index (χ0) is 16.4. The molecule has 2 heterocycles. The molecule has 23 heavy (non-hydrogen) atoms. The Balaban J connectivity index is 1.84. The van der Waals surface area contributed by atoms with Crippen molar-refractivity contribution in [1.29, 1.82) is 0 Å². The Bertz CT molecular complexity index is 845. The highest BCUT2D eigenvalue weighted by Gasteiger charge is 2.21. The minimum absolute atomic E-state index is 0.0533. The number of hydrogen-bond donors (Lipinski definition) is 1. The summed E-state index contributed by atoms with van der Waals surface area (Å²) in [5.41, 5.74) is 0.685. The van der Waals surface area contributed by atoms with Crippen molar-refractivity contribution in [2.45, 2.75) is 11.4 Å². The Morgan fingerprint density at radius 3 is 2.91 bits per heavy atom. The van der Waals surface area contributed by atoms with Gasteiger partial charge in [-0.25, -0.2) is 18.1 Å². The minimum Gasteiger partial charge on any atom is -0.486 e. The zero-order valence-electron chi connectivity index (χ0n) is 11.8. The van der Waals surface area contributed by atoms with E-state index in [-0.39, 0.29) is 16.6 Å². The van der Waals surface area contributed by atoms with Crippen LogP contribution in [0.25, 0.3) is 0 Å². The molecule has 6 nitrogen and oxygen atoms in total. The van der Waals surface area contributed by atoms with Crippen LogP contribution in [0.1, 0.15) is 5.56 Å². The number of ether oxygens (including phenoxy) is 2. The van der Waals surface area contributed by atoms with Crippen LogP contribution in [0.15, 0.2) is 39.8 Å². The van der Waals surface area contributed by atoms with Gasteiger partial charge in [-0.3, -0.25) is 0 Å². The lowest BCUT2D eigenvalue weighted by atomic mass is 10.2. The molecule has 122 valence electrons. The molecule has 1 aromatic carbocycles. The van der Waals surface area contributed by atoms with Gasteiger partial charge in [0.2, 0.25) is 10.0 Å². The van der Waals surface area contributed by atoms with Crippen LogP contribution in [-0.4, -0.2) is 26.6 Å². The lowest BCUT2D eigenvalue weighted by Crippen LogP contribution is -2.25. The quantitative estimate of drug-likeness (QED) is 0.771. The normalized spacial score (nSPS) is 13.8. The maximum absolute atomic E-state index is 12.4. The van der Waals surface area contributed by atoms with Crippen LogP contribution in [0, 0.1) is 0 Å². The van der Waals surface area contributed by atoms with E-state index in [1.165, 1.54) is 12.3 Å². The molecule has 0 atom stereocenters. The largest absolute Gasteiger partial charge is 0.486 e. The standard InChI is InChI=1S/C14H12BrClN2O4S/c15-10-6-12(14(16)17-8-10)23(19,20)18-7-9-2-1-3-11-13(9)22-5-4-21-11/h1-3,6,8,18H,4-5,7H2. The van der Waals surface area contributed by atoms with E-state index in [4.69, 9.17) is 21.1 Å². The van der Waals surface area contributed by atoms with Crippen LogP contribution < -0.4 is 14.2 Å². The van der Waals surface area contributed by atoms with Gasteiger partial charge < -0.3 is 9.47 Å². The molecule has 1 aliphatic rings. The minimum atomic E-state index is -3.81. The monoisotopic (exact) mass is 418 g/mol.